The van der Waals surface area contributed by atoms with Crippen LogP contribution in [0.15, 0.2) is 18.2 Å². The van der Waals surface area contributed by atoms with Crippen molar-refractivity contribution < 1.29 is 14.7 Å². The Morgan fingerprint density at radius 2 is 2.23 bits per heavy atom. The van der Waals surface area contributed by atoms with E-state index in [9.17, 15) is 9.59 Å². The first kappa shape index (κ1) is 16.2. The molecule has 2 heterocycles. The Hall–Kier alpha value is -2.15. The van der Waals surface area contributed by atoms with Crippen molar-refractivity contribution in [2.45, 2.75) is 38.6 Å². The second-order valence-electron chi connectivity index (χ2n) is 5.46. The normalized spacial score (nSPS) is 18.0. The van der Waals surface area contributed by atoms with Crippen LogP contribution in [0.3, 0.4) is 0 Å². The molecule has 0 bridgehead atoms. The Balaban J connectivity index is 1.74. The number of hydrogen-bond acceptors (Lipinski definition) is 4. The molecule has 0 saturated carbocycles. The van der Waals surface area contributed by atoms with E-state index in [0.717, 1.165) is 25.0 Å². The molecule has 2 rings (SSSR count). The summed E-state index contributed by atoms with van der Waals surface area (Å²) >= 11 is 0. The predicted octanol–water partition coefficient (Wildman–Crippen LogP) is 1.55. The Kier molecular flexibility index (Phi) is 5.71. The number of likely N-dealkylation sites (tertiary alicyclic amines) is 1. The number of hydrazine groups is 1. The first-order valence-electron chi connectivity index (χ1n) is 7.54. The van der Waals surface area contributed by atoms with Crippen LogP contribution in [-0.2, 0) is 0 Å². The summed E-state index contributed by atoms with van der Waals surface area (Å²) in [7, 11) is 0. The minimum atomic E-state index is -0.863. The maximum atomic E-state index is 11.9. The van der Waals surface area contributed by atoms with E-state index < -0.39 is 6.09 Å². The zero-order chi connectivity index (χ0) is 15.9. The second-order valence-corrected chi connectivity index (χ2v) is 5.46. The molecule has 0 unspecified atom stereocenters. The summed E-state index contributed by atoms with van der Waals surface area (Å²) in [5, 5.41) is 9.16. The van der Waals surface area contributed by atoms with E-state index in [0.29, 0.717) is 25.2 Å². The zero-order valence-corrected chi connectivity index (χ0v) is 12.7. The van der Waals surface area contributed by atoms with Crippen molar-refractivity contribution in [2.24, 2.45) is 0 Å². The van der Waals surface area contributed by atoms with Crippen molar-refractivity contribution in [1.29, 1.82) is 0 Å². The smallest absolute Gasteiger partial charge is 0.407 e. The van der Waals surface area contributed by atoms with Crippen LogP contribution in [0.4, 0.5) is 4.79 Å². The fraction of sp³-hybridized carbons (Fsp3) is 0.533. The monoisotopic (exact) mass is 306 g/mol. The quantitative estimate of drug-likeness (QED) is 0.567. The summed E-state index contributed by atoms with van der Waals surface area (Å²) in [4.78, 5) is 28.7. The number of carbonyl (C=O) groups is 2. The molecule has 2 amide bonds. The van der Waals surface area contributed by atoms with Gasteiger partial charge in [0.15, 0.2) is 0 Å². The average Bonchev–Trinajstić information content (AvgIpc) is 2.51. The molecule has 0 spiro atoms. The van der Waals surface area contributed by atoms with Gasteiger partial charge in [-0.3, -0.25) is 10.2 Å². The highest BCUT2D eigenvalue weighted by Gasteiger charge is 2.25. The number of amides is 2. The van der Waals surface area contributed by atoms with Gasteiger partial charge in [-0.15, -0.1) is 0 Å². The van der Waals surface area contributed by atoms with Crippen LogP contribution in [0.2, 0.25) is 0 Å². The van der Waals surface area contributed by atoms with Gasteiger partial charge < -0.3 is 10.0 Å². The SMILES string of the molecule is Cc1cccc(C(=O)NNCC[C@@H]2CCCCN2C(=O)O)n1. The van der Waals surface area contributed by atoms with Gasteiger partial charge in [0.25, 0.3) is 5.91 Å². The van der Waals surface area contributed by atoms with Gasteiger partial charge in [0.05, 0.1) is 0 Å². The molecule has 1 aliphatic heterocycles. The second kappa shape index (κ2) is 7.74. The van der Waals surface area contributed by atoms with Crippen LogP contribution in [0.1, 0.15) is 41.9 Å². The number of nitrogens with one attached hydrogen (secondary N) is 2. The molecule has 1 saturated heterocycles. The Bertz CT molecular complexity index is 535. The summed E-state index contributed by atoms with van der Waals surface area (Å²) in [6.07, 6.45) is 2.66. The number of aryl methyl sites for hydroxylation is 1. The van der Waals surface area contributed by atoms with Gasteiger partial charge in [0.2, 0.25) is 0 Å². The van der Waals surface area contributed by atoms with Crippen molar-refractivity contribution in [3.8, 4) is 0 Å². The molecular formula is C15H22N4O3. The van der Waals surface area contributed by atoms with Crippen molar-refractivity contribution in [3.63, 3.8) is 0 Å². The lowest BCUT2D eigenvalue weighted by atomic mass is 10.00. The van der Waals surface area contributed by atoms with Gasteiger partial charge in [-0.05, 0) is 44.7 Å². The highest BCUT2D eigenvalue weighted by atomic mass is 16.4. The molecule has 1 atom stereocenters. The molecule has 1 aromatic rings. The van der Waals surface area contributed by atoms with Crippen molar-refractivity contribution in [3.05, 3.63) is 29.6 Å². The van der Waals surface area contributed by atoms with E-state index in [1.165, 1.54) is 4.90 Å². The Labute approximate surface area is 129 Å². The third-order valence-electron chi connectivity index (χ3n) is 3.80. The molecule has 7 nitrogen and oxygen atoms in total. The molecule has 22 heavy (non-hydrogen) atoms. The van der Waals surface area contributed by atoms with Gasteiger partial charge in [-0.25, -0.2) is 15.2 Å². The van der Waals surface area contributed by atoms with E-state index in [-0.39, 0.29) is 11.9 Å². The van der Waals surface area contributed by atoms with Gasteiger partial charge >= 0.3 is 6.09 Å². The number of hydrogen-bond donors (Lipinski definition) is 3. The van der Waals surface area contributed by atoms with E-state index in [2.05, 4.69) is 15.8 Å². The first-order valence-corrected chi connectivity index (χ1v) is 7.54. The minimum absolute atomic E-state index is 0.0211. The molecular weight excluding hydrogens is 284 g/mol. The summed E-state index contributed by atoms with van der Waals surface area (Å²) in [6.45, 7) is 2.94. The van der Waals surface area contributed by atoms with Crippen LogP contribution < -0.4 is 10.9 Å². The zero-order valence-electron chi connectivity index (χ0n) is 12.7. The highest BCUT2D eigenvalue weighted by Crippen LogP contribution is 2.19. The van der Waals surface area contributed by atoms with Crippen molar-refractivity contribution >= 4 is 12.0 Å². The van der Waals surface area contributed by atoms with Crippen LogP contribution in [0, 0.1) is 6.92 Å². The molecule has 3 N–H and O–H groups in total. The Morgan fingerprint density at radius 1 is 1.41 bits per heavy atom. The highest BCUT2D eigenvalue weighted by molar-refractivity contribution is 5.91. The number of pyridine rings is 1. The van der Waals surface area contributed by atoms with Crippen LogP contribution >= 0.6 is 0 Å². The molecule has 1 aliphatic rings. The largest absolute Gasteiger partial charge is 0.465 e. The fourth-order valence-electron chi connectivity index (χ4n) is 2.67. The fourth-order valence-corrected chi connectivity index (χ4v) is 2.67. The lowest BCUT2D eigenvalue weighted by molar-refractivity contribution is 0.0909. The van der Waals surface area contributed by atoms with E-state index in [1.807, 2.05) is 13.0 Å². The molecule has 0 radical (unpaired) electrons. The molecule has 0 aliphatic carbocycles. The maximum Gasteiger partial charge on any atom is 0.407 e. The third-order valence-corrected chi connectivity index (χ3v) is 3.80. The first-order chi connectivity index (χ1) is 10.6. The van der Waals surface area contributed by atoms with Gasteiger partial charge in [0.1, 0.15) is 5.69 Å². The Morgan fingerprint density at radius 3 is 2.95 bits per heavy atom. The number of rotatable bonds is 5. The van der Waals surface area contributed by atoms with Crippen LogP contribution in [-0.4, -0.2) is 46.1 Å². The summed E-state index contributed by atoms with van der Waals surface area (Å²) in [5.41, 5.74) is 6.59. The number of nitrogens with zero attached hydrogens (tertiary/aromatic N) is 2. The van der Waals surface area contributed by atoms with E-state index in [4.69, 9.17) is 5.11 Å². The molecule has 7 heteroatoms. The maximum absolute atomic E-state index is 11.9. The van der Waals surface area contributed by atoms with Gasteiger partial charge in [0, 0.05) is 24.8 Å². The van der Waals surface area contributed by atoms with Crippen molar-refractivity contribution in [2.75, 3.05) is 13.1 Å². The molecule has 1 fully saturated rings. The summed E-state index contributed by atoms with van der Waals surface area (Å²) in [6, 6.07) is 5.28. The number of piperidine rings is 1. The third kappa shape index (κ3) is 4.42. The average molecular weight is 306 g/mol. The molecule has 0 aromatic carbocycles. The summed E-state index contributed by atoms with van der Waals surface area (Å²) in [5.74, 6) is -0.289. The number of carbonyl (C=O) groups excluding carboxylic acids is 1. The summed E-state index contributed by atoms with van der Waals surface area (Å²) < 4.78 is 0. The topological polar surface area (TPSA) is 94.6 Å². The van der Waals surface area contributed by atoms with Crippen LogP contribution in [0.25, 0.3) is 0 Å². The predicted molar refractivity (Wildman–Crippen MR) is 81.4 cm³/mol. The van der Waals surface area contributed by atoms with Gasteiger partial charge in [-0.1, -0.05) is 6.07 Å². The van der Waals surface area contributed by atoms with Crippen LogP contribution in [0.5, 0.6) is 0 Å². The number of aromatic nitrogens is 1. The molecule has 1 aromatic heterocycles. The van der Waals surface area contributed by atoms with Crippen molar-refractivity contribution in [1.82, 2.24) is 20.7 Å². The number of carboxylic acid groups (broad SMARTS) is 1. The van der Waals surface area contributed by atoms with E-state index >= 15 is 0 Å². The lowest BCUT2D eigenvalue weighted by Gasteiger charge is -2.33. The van der Waals surface area contributed by atoms with Gasteiger partial charge in [-0.2, -0.15) is 0 Å². The van der Waals surface area contributed by atoms with E-state index in [1.54, 1.807) is 12.1 Å². The molecule has 120 valence electrons. The minimum Gasteiger partial charge on any atom is -0.465 e. The standard InChI is InChI=1S/C15H22N4O3/c1-11-5-4-7-13(17-11)14(20)18-16-9-8-12-6-2-3-10-19(12)15(21)22/h4-5,7,12,16H,2-3,6,8-10H2,1H3,(H,18,20)(H,21,22)/t12-/m0/s1. The lowest BCUT2D eigenvalue weighted by Crippen LogP contribution is -2.46.